The Morgan fingerprint density at radius 1 is 1.03 bits per heavy atom. The second kappa shape index (κ2) is 10.0. The number of amides is 1. The second-order valence-electron chi connectivity index (χ2n) is 7.52. The largest absolute Gasteiger partial charge is 0.416 e. The average Bonchev–Trinajstić information content (AvgIpc) is 3.21. The number of anilines is 1. The second-order valence-corrected chi connectivity index (χ2v) is 8.90. The quantitative estimate of drug-likeness (QED) is 0.253. The first-order valence-corrected chi connectivity index (χ1v) is 11.6. The molecule has 0 aliphatic carbocycles. The van der Waals surface area contributed by atoms with E-state index in [-0.39, 0.29) is 17.1 Å². The van der Waals surface area contributed by atoms with Crippen molar-refractivity contribution in [3.63, 3.8) is 0 Å². The molecule has 4 rings (SSSR count). The third-order valence-electron chi connectivity index (χ3n) is 4.82. The molecule has 0 aliphatic rings. The number of alkyl halides is 3. The van der Waals surface area contributed by atoms with Crippen molar-refractivity contribution in [1.82, 2.24) is 25.0 Å². The van der Waals surface area contributed by atoms with Gasteiger partial charge in [0.1, 0.15) is 0 Å². The number of nitrogens with one attached hydrogen (secondary N) is 1. The maximum absolute atomic E-state index is 13.0. The number of nitrogens with zero attached hydrogens (tertiary/aromatic N) is 5. The molecule has 0 aliphatic heterocycles. The van der Waals surface area contributed by atoms with Crippen LogP contribution < -0.4 is 5.32 Å². The number of rotatable bonds is 6. The van der Waals surface area contributed by atoms with Gasteiger partial charge in [-0.05, 0) is 68.4 Å². The maximum Gasteiger partial charge on any atom is 0.416 e. The van der Waals surface area contributed by atoms with Gasteiger partial charge in [0.05, 0.1) is 16.9 Å². The zero-order valence-electron chi connectivity index (χ0n) is 18.5. The van der Waals surface area contributed by atoms with Crippen LogP contribution in [0.25, 0.3) is 5.69 Å². The minimum absolute atomic E-state index is 0.0247. The number of carbonyl (C=O) groups is 1. The minimum Gasteiger partial charge on any atom is -0.321 e. The van der Waals surface area contributed by atoms with Crippen molar-refractivity contribution in [2.75, 3.05) is 5.32 Å². The van der Waals surface area contributed by atoms with Gasteiger partial charge in [-0.1, -0.05) is 28.6 Å². The molecule has 12 heteroatoms. The van der Waals surface area contributed by atoms with Crippen LogP contribution >= 0.6 is 23.4 Å². The SMILES string of the molecule is Cc1cc(C)nc(SCc2c(C(=O)Nc3ccc(C(F)(F)F)cc3)nnn2-c2ccc(Cl)cc2)n1. The van der Waals surface area contributed by atoms with Crippen molar-refractivity contribution in [1.29, 1.82) is 0 Å². The third-order valence-corrected chi connectivity index (χ3v) is 5.93. The fourth-order valence-electron chi connectivity index (χ4n) is 3.22. The Morgan fingerprint density at radius 2 is 1.66 bits per heavy atom. The number of hydrogen-bond donors (Lipinski definition) is 1. The van der Waals surface area contributed by atoms with Crippen LogP contribution in [0, 0.1) is 13.8 Å². The Bertz CT molecular complexity index is 1340. The first-order valence-electron chi connectivity index (χ1n) is 10.2. The van der Waals surface area contributed by atoms with Crippen LogP contribution in [-0.4, -0.2) is 30.9 Å². The van der Waals surface area contributed by atoms with E-state index in [2.05, 4.69) is 25.6 Å². The normalized spacial score (nSPS) is 11.5. The molecule has 2 aromatic heterocycles. The zero-order chi connectivity index (χ0) is 25.2. The highest BCUT2D eigenvalue weighted by atomic mass is 35.5. The molecule has 2 heterocycles. The highest BCUT2D eigenvalue weighted by Crippen LogP contribution is 2.30. The lowest BCUT2D eigenvalue weighted by molar-refractivity contribution is -0.137. The molecule has 4 aromatic rings. The predicted molar refractivity (Wildman–Crippen MR) is 127 cm³/mol. The molecule has 7 nitrogen and oxygen atoms in total. The molecule has 1 amide bonds. The Labute approximate surface area is 207 Å². The molecule has 0 saturated carbocycles. The molecule has 0 spiro atoms. The van der Waals surface area contributed by atoms with Gasteiger partial charge in [-0.3, -0.25) is 4.79 Å². The van der Waals surface area contributed by atoms with Crippen LogP contribution in [0.2, 0.25) is 5.02 Å². The number of aromatic nitrogens is 5. The van der Waals surface area contributed by atoms with E-state index in [0.717, 1.165) is 23.5 Å². The lowest BCUT2D eigenvalue weighted by Gasteiger charge is -2.10. The van der Waals surface area contributed by atoms with E-state index in [0.29, 0.717) is 21.6 Å². The van der Waals surface area contributed by atoms with Gasteiger partial charge in [-0.15, -0.1) is 5.10 Å². The van der Waals surface area contributed by atoms with Crippen molar-refractivity contribution in [2.24, 2.45) is 0 Å². The monoisotopic (exact) mass is 518 g/mol. The Morgan fingerprint density at radius 3 is 2.26 bits per heavy atom. The van der Waals surface area contributed by atoms with Crippen LogP contribution in [-0.2, 0) is 11.9 Å². The summed E-state index contributed by atoms with van der Waals surface area (Å²) in [5.74, 6) is -0.351. The lowest BCUT2D eigenvalue weighted by atomic mass is 10.2. The van der Waals surface area contributed by atoms with Crippen LogP contribution in [0.1, 0.15) is 33.1 Å². The van der Waals surface area contributed by atoms with Crippen molar-refractivity contribution >= 4 is 35.0 Å². The molecular weight excluding hydrogens is 501 g/mol. The molecular formula is C23H18ClF3N6OS. The average molecular weight is 519 g/mol. The van der Waals surface area contributed by atoms with Gasteiger partial charge in [0, 0.05) is 27.9 Å². The Balaban J connectivity index is 1.63. The molecule has 0 saturated heterocycles. The molecule has 2 aromatic carbocycles. The van der Waals surface area contributed by atoms with Crippen molar-refractivity contribution in [3.05, 3.63) is 88.0 Å². The zero-order valence-corrected chi connectivity index (χ0v) is 20.0. The standard InChI is InChI=1S/C23H18ClF3N6OS/c1-13-11-14(2)29-22(28-13)35-12-19-20(31-32-33(19)18-9-5-16(24)6-10-18)21(34)30-17-7-3-15(4-8-17)23(25,26)27/h3-11H,12H2,1-2H3,(H,30,34). The van der Waals surface area contributed by atoms with Gasteiger partial charge >= 0.3 is 6.18 Å². The number of benzene rings is 2. The third kappa shape index (κ3) is 5.98. The summed E-state index contributed by atoms with van der Waals surface area (Å²) < 4.78 is 40.0. The molecule has 0 atom stereocenters. The number of aryl methyl sites for hydroxylation is 2. The molecule has 0 unspecified atom stereocenters. The van der Waals surface area contributed by atoms with Gasteiger partial charge in [0.2, 0.25) is 0 Å². The molecule has 35 heavy (non-hydrogen) atoms. The fraction of sp³-hybridized carbons (Fsp3) is 0.174. The summed E-state index contributed by atoms with van der Waals surface area (Å²) in [6, 6.07) is 12.8. The van der Waals surface area contributed by atoms with Crippen LogP contribution in [0.5, 0.6) is 0 Å². The molecule has 0 radical (unpaired) electrons. The Hall–Kier alpha value is -3.44. The van der Waals surface area contributed by atoms with Crippen molar-refractivity contribution in [3.8, 4) is 5.69 Å². The number of hydrogen-bond acceptors (Lipinski definition) is 6. The van der Waals surface area contributed by atoms with E-state index >= 15 is 0 Å². The smallest absolute Gasteiger partial charge is 0.321 e. The van der Waals surface area contributed by atoms with Gasteiger partial charge in [0.15, 0.2) is 10.9 Å². The topological polar surface area (TPSA) is 85.6 Å². The van der Waals surface area contributed by atoms with Crippen molar-refractivity contribution < 1.29 is 18.0 Å². The summed E-state index contributed by atoms with van der Waals surface area (Å²) in [7, 11) is 0. The predicted octanol–water partition coefficient (Wildman–Crippen LogP) is 5.89. The van der Waals surface area contributed by atoms with E-state index < -0.39 is 17.6 Å². The van der Waals surface area contributed by atoms with E-state index in [1.54, 1.807) is 24.3 Å². The van der Waals surface area contributed by atoms with E-state index in [1.165, 1.54) is 28.6 Å². The van der Waals surface area contributed by atoms with E-state index in [9.17, 15) is 18.0 Å². The fourth-order valence-corrected chi connectivity index (χ4v) is 4.29. The van der Waals surface area contributed by atoms with Gasteiger partial charge in [-0.25, -0.2) is 14.6 Å². The van der Waals surface area contributed by atoms with Gasteiger partial charge < -0.3 is 5.32 Å². The van der Waals surface area contributed by atoms with Crippen LogP contribution in [0.3, 0.4) is 0 Å². The highest BCUT2D eigenvalue weighted by Gasteiger charge is 2.30. The highest BCUT2D eigenvalue weighted by molar-refractivity contribution is 7.98. The van der Waals surface area contributed by atoms with Gasteiger partial charge in [-0.2, -0.15) is 13.2 Å². The molecule has 180 valence electrons. The van der Waals surface area contributed by atoms with Crippen molar-refractivity contribution in [2.45, 2.75) is 30.9 Å². The minimum atomic E-state index is -4.47. The molecule has 0 fully saturated rings. The van der Waals surface area contributed by atoms with E-state index in [1.807, 2.05) is 19.9 Å². The molecule has 1 N–H and O–H groups in total. The summed E-state index contributed by atoms with van der Waals surface area (Å²) in [5.41, 5.74) is 2.12. The Kier molecular flexibility index (Phi) is 7.08. The maximum atomic E-state index is 13.0. The first-order chi connectivity index (χ1) is 16.6. The summed E-state index contributed by atoms with van der Waals surface area (Å²) >= 11 is 7.30. The van der Waals surface area contributed by atoms with Gasteiger partial charge in [0.25, 0.3) is 5.91 Å². The van der Waals surface area contributed by atoms with Crippen LogP contribution in [0.15, 0.2) is 59.8 Å². The number of carbonyl (C=O) groups excluding carboxylic acids is 1. The van der Waals surface area contributed by atoms with Crippen LogP contribution in [0.4, 0.5) is 18.9 Å². The first kappa shape index (κ1) is 24.7. The number of thioether (sulfide) groups is 1. The summed E-state index contributed by atoms with van der Waals surface area (Å²) in [5, 5.41) is 11.8. The summed E-state index contributed by atoms with van der Waals surface area (Å²) in [4.78, 5) is 21.8. The summed E-state index contributed by atoms with van der Waals surface area (Å²) in [6.45, 7) is 3.72. The molecule has 0 bridgehead atoms. The summed E-state index contributed by atoms with van der Waals surface area (Å²) in [6.07, 6.45) is -4.47. The lowest BCUT2D eigenvalue weighted by Crippen LogP contribution is -2.15. The van der Waals surface area contributed by atoms with E-state index in [4.69, 9.17) is 11.6 Å². The number of halogens is 4.